The number of rotatable bonds is 5. The fraction of sp³-hybridized carbons (Fsp3) is 0.200. The topological polar surface area (TPSA) is 91.0 Å². The van der Waals surface area contributed by atoms with Gasteiger partial charge in [0.2, 0.25) is 5.90 Å². The molecular weight excluding hydrogens is 348 g/mol. The number of esters is 1. The SMILES string of the molecule is Cc1ccc(C2=N/C(=C\c3ccc(OC(C)C)cc3)C(=O)O2)cc1[N+](=O)[O-]. The Labute approximate surface area is 156 Å². The predicted molar refractivity (Wildman–Crippen MR) is 101 cm³/mol. The maximum absolute atomic E-state index is 12.1. The van der Waals surface area contributed by atoms with Crippen LogP contribution in [0.3, 0.4) is 0 Å². The molecule has 7 nitrogen and oxygen atoms in total. The van der Waals surface area contributed by atoms with Crippen LogP contribution in [0.2, 0.25) is 0 Å². The van der Waals surface area contributed by atoms with E-state index in [0.29, 0.717) is 11.1 Å². The number of hydrogen-bond donors (Lipinski definition) is 0. The van der Waals surface area contributed by atoms with E-state index in [0.717, 1.165) is 11.3 Å². The number of cyclic esters (lactones) is 1. The standard InChI is InChI=1S/C20H18N2O5/c1-12(2)26-16-8-5-14(6-9-16)10-17-20(23)27-19(21-17)15-7-4-13(3)18(11-15)22(24)25/h4-12H,1-3H3/b17-10-. The van der Waals surface area contributed by atoms with Gasteiger partial charge in [0.05, 0.1) is 11.0 Å². The van der Waals surface area contributed by atoms with Crippen molar-refractivity contribution in [2.45, 2.75) is 26.9 Å². The zero-order valence-corrected chi connectivity index (χ0v) is 15.1. The monoisotopic (exact) mass is 366 g/mol. The number of nitrogens with zero attached hydrogens (tertiary/aromatic N) is 2. The zero-order valence-electron chi connectivity index (χ0n) is 15.1. The molecule has 138 valence electrons. The maximum atomic E-state index is 12.1. The van der Waals surface area contributed by atoms with Gasteiger partial charge in [-0.1, -0.05) is 18.2 Å². The molecule has 0 radical (unpaired) electrons. The highest BCUT2D eigenvalue weighted by Gasteiger charge is 2.25. The summed E-state index contributed by atoms with van der Waals surface area (Å²) in [6.45, 7) is 5.52. The number of nitro groups is 1. The quantitative estimate of drug-likeness (QED) is 0.345. The molecule has 7 heteroatoms. The molecule has 0 saturated carbocycles. The molecule has 0 amide bonds. The van der Waals surface area contributed by atoms with Crippen molar-refractivity contribution in [1.82, 2.24) is 0 Å². The lowest BCUT2D eigenvalue weighted by molar-refractivity contribution is -0.385. The highest BCUT2D eigenvalue weighted by molar-refractivity contribution is 6.13. The van der Waals surface area contributed by atoms with Gasteiger partial charge in [-0.3, -0.25) is 10.1 Å². The van der Waals surface area contributed by atoms with Gasteiger partial charge in [-0.05, 0) is 50.6 Å². The van der Waals surface area contributed by atoms with E-state index >= 15 is 0 Å². The third kappa shape index (κ3) is 4.20. The third-order valence-electron chi connectivity index (χ3n) is 3.83. The van der Waals surface area contributed by atoms with Crippen molar-refractivity contribution < 1.29 is 19.2 Å². The second kappa shape index (κ2) is 7.41. The molecule has 0 unspecified atom stereocenters. The average molecular weight is 366 g/mol. The fourth-order valence-electron chi connectivity index (χ4n) is 2.54. The smallest absolute Gasteiger partial charge is 0.363 e. The van der Waals surface area contributed by atoms with E-state index in [1.54, 1.807) is 37.3 Å². The molecule has 1 aliphatic rings. The fourth-order valence-corrected chi connectivity index (χ4v) is 2.54. The van der Waals surface area contributed by atoms with Gasteiger partial charge in [-0.2, -0.15) is 0 Å². The van der Waals surface area contributed by atoms with Crippen LogP contribution >= 0.6 is 0 Å². The van der Waals surface area contributed by atoms with Crippen molar-refractivity contribution in [1.29, 1.82) is 0 Å². The summed E-state index contributed by atoms with van der Waals surface area (Å²) in [5.41, 5.74) is 1.74. The lowest BCUT2D eigenvalue weighted by Crippen LogP contribution is -2.06. The van der Waals surface area contributed by atoms with Crippen LogP contribution in [0.4, 0.5) is 5.69 Å². The van der Waals surface area contributed by atoms with E-state index in [1.165, 1.54) is 6.07 Å². The minimum Gasteiger partial charge on any atom is -0.491 e. The van der Waals surface area contributed by atoms with Crippen molar-refractivity contribution in [2.24, 2.45) is 4.99 Å². The van der Waals surface area contributed by atoms with Crippen LogP contribution in [0.5, 0.6) is 5.75 Å². The lowest BCUT2D eigenvalue weighted by Gasteiger charge is -2.09. The first-order chi connectivity index (χ1) is 12.8. The second-order valence-electron chi connectivity index (χ2n) is 6.33. The van der Waals surface area contributed by atoms with E-state index in [1.807, 2.05) is 26.0 Å². The Balaban J connectivity index is 1.87. The molecule has 0 bridgehead atoms. The number of aryl methyl sites for hydroxylation is 1. The summed E-state index contributed by atoms with van der Waals surface area (Å²) in [6, 6.07) is 11.8. The molecule has 0 fully saturated rings. The van der Waals surface area contributed by atoms with Crippen LogP contribution in [0.25, 0.3) is 6.08 Å². The van der Waals surface area contributed by atoms with E-state index in [-0.39, 0.29) is 23.4 Å². The average Bonchev–Trinajstić information content (AvgIpc) is 2.97. The molecule has 0 aromatic heterocycles. The molecule has 1 heterocycles. The molecular formula is C20H18N2O5. The Bertz CT molecular complexity index is 959. The van der Waals surface area contributed by atoms with Crippen molar-refractivity contribution in [3.05, 3.63) is 75.0 Å². The predicted octanol–water partition coefficient (Wildman–Crippen LogP) is 4.03. The van der Waals surface area contributed by atoms with Crippen LogP contribution in [0, 0.1) is 17.0 Å². The summed E-state index contributed by atoms with van der Waals surface area (Å²) in [5.74, 6) is 0.183. The molecule has 27 heavy (non-hydrogen) atoms. The van der Waals surface area contributed by atoms with Crippen molar-refractivity contribution in [3.8, 4) is 5.75 Å². The minimum atomic E-state index is -0.601. The summed E-state index contributed by atoms with van der Waals surface area (Å²) in [5, 5.41) is 11.1. The van der Waals surface area contributed by atoms with Crippen molar-refractivity contribution in [3.63, 3.8) is 0 Å². The molecule has 0 N–H and O–H groups in total. The Hall–Kier alpha value is -3.48. The Kier molecular flexibility index (Phi) is 5.03. The Morgan fingerprint density at radius 3 is 2.52 bits per heavy atom. The number of benzene rings is 2. The largest absolute Gasteiger partial charge is 0.491 e. The summed E-state index contributed by atoms with van der Waals surface area (Å²) >= 11 is 0. The van der Waals surface area contributed by atoms with Gasteiger partial charge < -0.3 is 9.47 Å². The van der Waals surface area contributed by atoms with Crippen LogP contribution in [-0.4, -0.2) is 22.9 Å². The number of aliphatic imine (C=N–C) groups is 1. The van der Waals surface area contributed by atoms with Gasteiger partial charge in [0.25, 0.3) is 5.69 Å². The second-order valence-corrected chi connectivity index (χ2v) is 6.33. The molecule has 0 saturated heterocycles. The first-order valence-corrected chi connectivity index (χ1v) is 8.38. The highest BCUT2D eigenvalue weighted by Crippen LogP contribution is 2.24. The summed E-state index contributed by atoms with van der Waals surface area (Å²) in [4.78, 5) is 26.9. The minimum absolute atomic E-state index is 0.0501. The lowest BCUT2D eigenvalue weighted by atomic mass is 10.1. The first kappa shape index (κ1) is 18.3. The summed E-state index contributed by atoms with van der Waals surface area (Å²) < 4.78 is 10.8. The Morgan fingerprint density at radius 1 is 1.19 bits per heavy atom. The number of carbonyl (C=O) groups excluding carboxylic acids is 1. The van der Waals surface area contributed by atoms with Crippen molar-refractivity contribution in [2.75, 3.05) is 0 Å². The Morgan fingerprint density at radius 2 is 1.89 bits per heavy atom. The number of hydrogen-bond acceptors (Lipinski definition) is 6. The van der Waals surface area contributed by atoms with Crippen LogP contribution in [0.15, 0.2) is 53.2 Å². The molecule has 3 rings (SSSR count). The van der Waals surface area contributed by atoms with Gasteiger partial charge in [0.15, 0.2) is 5.70 Å². The van der Waals surface area contributed by atoms with Gasteiger partial charge in [0, 0.05) is 17.2 Å². The molecule has 0 atom stereocenters. The maximum Gasteiger partial charge on any atom is 0.363 e. The van der Waals surface area contributed by atoms with E-state index in [4.69, 9.17) is 9.47 Å². The molecule has 2 aromatic carbocycles. The van der Waals surface area contributed by atoms with Crippen LogP contribution < -0.4 is 4.74 Å². The van der Waals surface area contributed by atoms with Gasteiger partial charge in [-0.25, -0.2) is 9.79 Å². The number of carbonyl (C=O) groups is 1. The van der Waals surface area contributed by atoms with Gasteiger partial charge in [0.1, 0.15) is 5.75 Å². The van der Waals surface area contributed by atoms with E-state index in [2.05, 4.69) is 4.99 Å². The zero-order chi connectivity index (χ0) is 19.6. The summed E-state index contributed by atoms with van der Waals surface area (Å²) in [7, 11) is 0. The van der Waals surface area contributed by atoms with Gasteiger partial charge >= 0.3 is 5.97 Å². The normalized spacial score (nSPS) is 15.0. The van der Waals surface area contributed by atoms with Gasteiger partial charge in [-0.15, -0.1) is 0 Å². The summed E-state index contributed by atoms with van der Waals surface area (Å²) in [6.07, 6.45) is 1.67. The number of ether oxygens (including phenoxy) is 2. The van der Waals surface area contributed by atoms with E-state index in [9.17, 15) is 14.9 Å². The van der Waals surface area contributed by atoms with E-state index < -0.39 is 10.9 Å². The first-order valence-electron chi connectivity index (χ1n) is 8.38. The molecule has 0 spiro atoms. The van der Waals surface area contributed by atoms with Crippen LogP contribution in [-0.2, 0) is 9.53 Å². The highest BCUT2D eigenvalue weighted by atomic mass is 16.6. The van der Waals surface area contributed by atoms with Crippen molar-refractivity contribution >= 4 is 23.6 Å². The molecule has 0 aliphatic carbocycles. The van der Waals surface area contributed by atoms with Crippen LogP contribution in [0.1, 0.15) is 30.5 Å². The molecule has 1 aliphatic heterocycles. The third-order valence-corrected chi connectivity index (χ3v) is 3.83. The number of nitro benzene ring substituents is 1. The molecule has 2 aromatic rings.